The van der Waals surface area contributed by atoms with Crippen LogP contribution in [0.5, 0.6) is 17.2 Å². The quantitative estimate of drug-likeness (QED) is 0.0552. The normalized spacial score (nSPS) is 11.2. The maximum absolute atomic E-state index is 13.6. The Labute approximate surface area is 314 Å². The molecule has 2 aromatic carbocycles. The van der Waals surface area contributed by atoms with Gasteiger partial charge < -0.3 is 62.3 Å². The minimum atomic E-state index is -2.83. The van der Waals surface area contributed by atoms with Gasteiger partial charge in [0.15, 0.2) is 22.5 Å². The standard InChI is InChI=1S/C30H41ClF2N7O3S.2BrH.HNO2/c1-39(2,3)16-10-18-42-23-13-9-8-12-22(23)37-35-29(36-38(37)30-34-26(28(32)33)27(31)44-30)21-14-15-24(25(20-21)41-7)43-19-11-17-40(4,5)6;;;2-1-3/h8-9,12-15,20,28H,10-11,16-19H2,1-7H3;2*1H;(H,2,3)/q+3;;;/p-2. The number of benzene rings is 2. The first-order valence-electron chi connectivity index (χ1n) is 14.6. The lowest BCUT2D eigenvalue weighted by atomic mass is 10.2. The first kappa shape index (κ1) is 44.0. The van der Waals surface area contributed by atoms with Crippen LogP contribution in [-0.4, -0.2) is 110 Å². The van der Waals surface area contributed by atoms with E-state index in [1.807, 2.05) is 36.4 Å². The molecule has 0 aliphatic heterocycles. The van der Waals surface area contributed by atoms with Crippen LogP contribution in [0.4, 0.5) is 8.78 Å². The monoisotopic (exact) mass is 857 g/mol. The predicted molar refractivity (Wildman–Crippen MR) is 174 cm³/mol. The SMILES string of the molecule is COc1cc(-c2nn(-c3ccccc3OCCC[N+](C)(C)C)[n+](-c3nc(C(F)F)c(Cl)s3)n2)ccc1OCCC[N+](C)(C)C.O=NO.[Br-].[Br-]. The van der Waals surface area contributed by atoms with Crippen molar-refractivity contribution in [2.75, 3.05) is 75.7 Å². The summed E-state index contributed by atoms with van der Waals surface area (Å²) in [4.78, 5) is 15.0. The zero-order chi connectivity index (χ0) is 34.8. The van der Waals surface area contributed by atoms with Crippen LogP contribution in [0.2, 0.25) is 4.34 Å². The molecular weight excluding hydrogens is 818 g/mol. The van der Waals surface area contributed by atoms with Gasteiger partial charge in [-0.25, -0.2) is 8.78 Å². The van der Waals surface area contributed by atoms with Crippen LogP contribution in [0, 0.1) is 4.91 Å². The van der Waals surface area contributed by atoms with Gasteiger partial charge in [-0.15, -0.1) is 4.91 Å². The second kappa shape index (κ2) is 20.0. The summed E-state index contributed by atoms with van der Waals surface area (Å²) in [5, 5.41) is 17.5. The van der Waals surface area contributed by atoms with Crippen molar-refractivity contribution in [3.8, 4) is 39.5 Å². The van der Waals surface area contributed by atoms with Crippen molar-refractivity contribution in [2.24, 2.45) is 5.34 Å². The first-order valence-corrected chi connectivity index (χ1v) is 15.8. The van der Waals surface area contributed by atoms with Gasteiger partial charge in [0.25, 0.3) is 12.2 Å². The fourth-order valence-corrected chi connectivity index (χ4v) is 5.39. The number of rotatable bonds is 15. The van der Waals surface area contributed by atoms with E-state index in [2.05, 4.69) is 52.4 Å². The molecule has 4 aromatic rings. The zero-order valence-corrected chi connectivity index (χ0v) is 33.1. The van der Waals surface area contributed by atoms with E-state index in [0.29, 0.717) is 47.5 Å². The van der Waals surface area contributed by atoms with E-state index in [1.54, 1.807) is 13.2 Å². The highest BCUT2D eigenvalue weighted by Crippen LogP contribution is 2.34. The van der Waals surface area contributed by atoms with E-state index in [0.717, 1.165) is 46.2 Å². The highest BCUT2D eigenvalue weighted by molar-refractivity contribution is 7.17. The molecule has 0 aliphatic carbocycles. The van der Waals surface area contributed by atoms with Crippen molar-refractivity contribution in [3.05, 3.63) is 57.4 Å². The van der Waals surface area contributed by atoms with Gasteiger partial charge in [0.05, 0.1) is 75.7 Å². The second-order valence-corrected chi connectivity index (χ2v) is 14.0. The average molecular weight is 860 g/mol. The van der Waals surface area contributed by atoms with E-state index in [1.165, 1.54) is 14.9 Å². The number of hydrogen-bond acceptors (Lipinski definition) is 9. The Hall–Kier alpha value is -3.03. The number of hydrogen-bond donors (Lipinski definition) is 1. The van der Waals surface area contributed by atoms with E-state index in [4.69, 9.17) is 41.0 Å². The van der Waals surface area contributed by atoms with E-state index in [9.17, 15) is 8.78 Å². The molecule has 0 saturated heterocycles. The van der Waals surface area contributed by atoms with Gasteiger partial charge in [0, 0.05) is 23.5 Å². The number of nitrogens with zero attached hydrogens (tertiary/aromatic N) is 8. The Morgan fingerprint density at radius 3 is 2.06 bits per heavy atom. The molecule has 0 saturated carbocycles. The highest BCUT2D eigenvalue weighted by atomic mass is 79.9. The summed E-state index contributed by atoms with van der Waals surface area (Å²) in [6.45, 7) is 2.93. The largest absolute Gasteiger partial charge is 1.00 e. The molecule has 4 rings (SSSR count). The summed E-state index contributed by atoms with van der Waals surface area (Å²) in [5.74, 6) is 2.00. The third-order valence-electron chi connectivity index (χ3n) is 6.50. The lowest BCUT2D eigenvalue weighted by molar-refractivity contribution is -0.870. The van der Waals surface area contributed by atoms with Crippen molar-refractivity contribution < 1.29 is 75.9 Å². The van der Waals surface area contributed by atoms with Crippen LogP contribution in [0.1, 0.15) is 25.0 Å². The third kappa shape index (κ3) is 13.3. The highest BCUT2D eigenvalue weighted by Gasteiger charge is 2.31. The van der Waals surface area contributed by atoms with Gasteiger partial charge in [-0.1, -0.05) is 28.7 Å². The molecule has 19 heteroatoms. The molecule has 0 bridgehead atoms. The molecule has 1 N–H and O–H groups in total. The number of aromatic nitrogens is 5. The van der Waals surface area contributed by atoms with E-state index in [-0.39, 0.29) is 43.4 Å². The number of quaternary nitrogens is 2. The van der Waals surface area contributed by atoms with E-state index < -0.39 is 12.1 Å². The fourth-order valence-electron chi connectivity index (χ4n) is 4.31. The lowest BCUT2D eigenvalue weighted by Crippen LogP contribution is -3.00. The van der Waals surface area contributed by atoms with Gasteiger partial charge >= 0.3 is 5.13 Å². The molecule has 2 heterocycles. The Morgan fingerprint density at radius 1 is 0.959 bits per heavy atom. The van der Waals surface area contributed by atoms with Gasteiger partial charge in [-0.05, 0) is 56.4 Å². The fraction of sp³-hybridized carbons (Fsp3) is 0.467. The number of tetrazole rings is 1. The maximum atomic E-state index is 13.6. The third-order valence-corrected chi connectivity index (χ3v) is 7.75. The van der Waals surface area contributed by atoms with Crippen molar-refractivity contribution in [3.63, 3.8) is 0 Å². The minimum Gasteiger partial charge on any atom is -1.00 e. The lowest BCUT2D eigenvalue weighted by Gasteiger charge is -2.23. The predicted octanol–water partition coefficient (Wildman–Crippen LogP) is -0.633. The maximum Gasteiger partial charge on any atom is 0.366 e. The summed E-state index contributed by atoms with van der Waals surface area (Å²) in [5.41, 5.74) is 0.685. The first-order chi connectivity index (χ1) is 22.2. The van der Waals surface area contributed by atoms with Crippen LogP contribution in [0.15, 0.2) is 47.8 Å². The smallest absolute Gasteiger partial charge is 0.366 e. The number of alkyl halides is 2. The van der Waals surface area contributed by atoms with Crippen LogP contribution in [-0.2, 0) is 0 Å². The molecular formula is C30H42Br2ClF2N8O5S+. The van der Waals surface area contributed by atoms with Crippen LogP contribution >= 0.6 is 22.9 Å². The van der Waals surface area contributed by atoms with Crippen molar-refractivity contribution in [2.45, 2.75) is 19.3 Å². The van der Waals surface area contributed by atoms with Crippen molar-refractivity contribution in [1.29, 1.82) is 0 Å². The van der Waals surface area contributed by atoms with Gasteiger partial charge in [0.2, 0.25) is 5.69 Å². The van der Waals surface area contributed by atoms with Gasteiger partial charge in [-0.2, -0.15) is 0 Å². The molecule has 0 unspecified atom stereocenters. The molecule has 0 atom stereocenters. The summed E-state index contributed by atoms with van der Waals surface area (Å²) in [6, 6.07) is 12.8. The van der Waals surface area contributed by atoms with Crippen LogP contribution in [0.25, 0.3) is 22.2 Å². The molecule has 49 heavy (non-hydrogen) atoms. The molecule has 0 aliphatic rings. The van der Waals surface area contributed by atoms with Crippen molar-refractivity contribution in [1.82, 2.24) is 20.0 Å². The number of methoxy groups -OCH3 is 1. The summed E-state index contributed by atoms with van der Waals surface area (Å²) < 4.78 is 46.6. The minimum absolute atomic E-state index is 0. The summed E-state index contributed by atoms with van der Waals surface area (Å²) >= 11 is 7.04. The topological polar surface area (TPSA) is 125 Å². The Bertz CT molecular complexity index is 1620. The molecule has 0 amide bonds. The number of ether oxygens (including phenoxy) is 3. The van der Waals surface area contributed by atoms with Crippen LogP contribution < -0.4 is 53.0 Å². The molecule has 13 nitrogen and oxygen atoms in total. The zero-order valence-electron chi connectivity index (χ0n) is 28.3. The second-order valence-electron chi connectivity index (χ2n) is 12.4. The molecule has 2 aromatic heterocycles. The van der Waals surface area contributed by atoms with Gasteiger partial charge in [-0.3, -0.25) is 0 Å². The molecule has 272 valence electrons. The molecule has 0 fully saturated rings. The molecule has 0 radical (unpaired) electrons. The Balaban J connectivity index is 0.00000231. The number of halogens is 5. The Kier molecular flexibility index (Phi) is 17.9. The summed E-state index contributed by atoms with van der Waals surface area (Å²) in [7, 11) is 14.4. The van der Waals surface area contributed by atoms with Crippen LogP contribution in [0.3, 0.4) is 0 Å². The van der Waals surface area contributed by atoms with E-state index >= 15 is 0 Å². The van der Waals surface area contributed by atoms with Crippen molar-refractivity contribution >= 4 is 22.9 Å². The average Bonchev–Trinajstić information content (AvgIpc) is 3.61. The summed E-state index contributed by atoms with van der Waals surface area (Å²) in [6.07, 6.45) is -1.11. The molecule has 0 spiro atoms. The number of thiazole rings is 1. The van der Waals surface area contributed by atoms with Gasteiger partial charge in [0.1, 0.15) is 10.1 Å². The number of para-hydroxylation sites is 2. The Morgan fingerprint density at radius 2 is 1.53 bits per heavy atom.